The molecule has 21 heavy (non-hydrogen) atoms. The normalized spacial score (nSPS) is 24.4. The van der Waals surface area contributed by atoms with Crippen LogP contribution in [0, 0.1) is 11.6 Å². The van der Waals surface area contributed by atoms with Crippen molar-refractivity contribution in [2.45, 2.75) is 56.7 Å². The first kappa shape index (κ1) is 14.6. The first-order chi connectivity index (χ1) is 10.1. The molecule has 1 aromatic carbocycles. The zero-order valence-electron chi connectivity index (χ0n) is 12.0. The standard InChI is InChI=1S/C16H21F2NO2/c17-12-9-15(13(18)8-14(12)19)20-10-11-4-7-16(21-11)5-2-1-3-6-16/h8-9,11H,1-7,10,19H2. The summed E-state index contributed by atoms with van der Waals surface area (Å²) in [5.41, 5.74) is 5.11. The second kappa shape index (κ2) is 5.79. The molecule has 0 bridgehead atoms. The largest absolute Gasteiger partial charge is 0.488 e. The molecule has 1 atom stereocenters. The average Bonchev–Trinajstić information content (AvgIpc) is 2.85. The summed E-state index contributed by atoms with van der Waals surface area (Å²) in [6.45, 7) is 0.252. The Labute approximate surface area is 123 Å². The van der Waals surface area contributed by atoms with Crippen molar-refractivity contribution in [2.24, 2.45) is 0 Å². The van der Waals surface area contributed by atoms with E-state index < -0.39 is 11.6 Å². The molecular weight excluding hydrogens is 276 g/mol. The Hall–Kier alpha value is -1.36. The van der Waals surface area contributed by atoms with Crippen LogP contribution >= 0.6 is 0 Å². The number of benzene rings is 1. The Morgan fingerprint density at radius 3 is 2.67 bits per heavy atom. The Kier molecular flexibility index (Phi) is 4.02. The molecular formula is C16H21F2NO2. The Morgan fingerprint density at radius 1 is 1.14 bits per heavy atom. The first-order valence-corrected chi connectivity index (χ1v) is 7.63. The number of ether oxygens (including phenoxy) is 2. The molecule has 1 aliphatic heterocycles. The van der Waals surface area contributed by atoms with Crippen molar-refractivity contribution < 1.29 is 18.3 Å². The van der Waals surface area contributed by atoms with Crippen LogP contribution in [0.2, 0.25) is 0 Å². The minimum absolute atomic E-state index is 0.0111. The van der Waals surface area contributed by atoms with Gasteiger partial charge >= 0.3 is 0 Å². The number of hydrogen-bond acceptors (Lipinski definition) is 3. The topological polar surface area (TPSA) is 44.5 Å². The van der Waals surface area contributed by atoms with Gasteiger partial charge in [-0.3, -0.25) is 0 Å². The summed E-state index contributed by atoms with van der Waals surface area (Å²) in [6.07, 6.45) is 7.84. The predicted molar refractivity (Wildman–Crippen MR) is 76.2 cm³/mol. The number of hydrogen-bond donors (Lipinski definition) is 1. The van der Waals surface area contributed by atoms with Gasteiger partial charge in [-0.1, -0.05) is 19.3 Å². The fraction of sp³-hybridized carbons (Fsp3) is 0.625. The van der Waals surface area contributed by atoms with Gasteiger partial charge in [-0.2, -0.15) is 0 Å². The maximum absolute atomic E-state index is 13.6. The van der Waals surface area contributed by atoms with Gasteiger partial charge in [0.2, 0.25) is 0 Å². The molecule has 1 aromatic rings. The molecule has 1 aliphatic carbocycles. The van der Waals surface area contributed by atoms with Crippen LogP contribution < -0.4 is 10.5 Å². The van der Waals surface area contributed by atoms with E-state index in [1.807, 2.05) is 0 Å². The Balaban J connectivity index is 1.58. The molecule has 2 N–H and O–H groups in total. The van der Waals surface area contributed by atoms with Crippen molar-refractivity contribution in [1.82, 2.24) is 0 Å². The second-order valence-electron chi connectivity index (χ2n) is 6.14. The van der Waals surface area contributed by atoms with Crippen molar-refractivity contribution >= 4 is 5.69 Å². The van der Waals surface area contributed by atoms with Crippen molar-refractivity contribution in [1.29, 1.82) is 0 Å². The van der Waals surface area contributed by atoms with Crippen molar-refractivity contribution in [3.63, 3.8) is 0 Å². The maximum Gasteiger partial charge on any atom is 0.167 e. The smallest absolute Gasteiger partial charge is 0.167 e. The third-order valence-corrected chi connectivity index (χ3v) is 4.58. The summed E-state index contributed by atoms with van der Waals surface area (Å²) in [7, 11) is 0. The van der Waals surface area contributed by atoms with Gasteiger partial charge in [0.05, 0.1) is 17.4 Å². The fourth-order valence-corrected chi connectivity index (χ4v) is 3.41. The van der Waals surface area contributed by atoms with Crippen LogP contribution in [0.5, 0.6) is 5.75 Å². The molecule has 3 nitrogen and oxygen atoms in total. The lowest BCUT2D eigenvalue weighted by Crippen LogP contribution is -2.32. The number of halogens is 2. The summed E-state index contributed by atoms with van der Waals surface area (Å²) >= 11 is 0. The van der Waals surface area contributed by atoms with Gasteiger partial charge in [-0.25, -0.2) is 8.78 Å². The molecule has 1 heterocycles. The molecule has 1 saturated heterocycles. The van der Waals surface area contributed by atoms with Gasteiger partial charge in [0.1, 0.15) is 12.4 Å². The van der Waals surface area contributed by atoms with Crippen LogP contribution in [0.4, 0.5) is 14.5 Å². The number of anilines is 1. The van der Waals surface area contributed by atoms with Gasteiger partial charge in [0.25, 0.3) is 0 Å². The van der Waals surface area contributed by atoms with E-state index in [1.165, 1.54) is 19.3 Å². The van der Waals surface area contributed by atoms with Crippen LogP contribution in [0.3, 0.4) is 0 Å². The number of nitrogens with two attached hydrogens (primary N) is 1. The van der Waals surface area contributed by atoms with Crippen LogP contribution in [0.15, 0.2) is 12.1 Å². The summed E-state index contributed by atoms with van der Waals surface area (Å²) in [4.78, 5) is 0. The highest BCUT2D eigenvalue weighted by atomic mass is 19.1. The lowest BCUT2D eigenvalue weighted by atomic mass is 9.83. The highest BCUT2D eigenvalue weighted by molar-refractivity contribution is 5.44. The average molecular weight is 297 g/mol. The van der Waals surface area contributed by atoms with Crippen molar-refractivity contribution in [3.8, 4) is 5.75 Å². The molecule has 116 valence electrons. The van der Waals surface area contributed by atoms with E-state index in [0.717, 1.165) is 37.8 Å². The molecule has 0 aromatic heterocycles. The minimum Gasteiger partial charge on any atom is -0.488 e. The fourth-order valence-electron chi connectivity index (χ4n) is 3.41. The predicted octanol–water partition coefficient (Wildman–Crippen LogP) is 3.81. The third-order valence-electron chi connectivity index (χ3n) is 4.58. The lowest BCUT2D eigenvalue weighted by molar-refractivity contribution is -0.0751. The molecule has 3 rings (SSSR count). The third kappa shape index (κ3) is 3.12. The lowest BCUT2D eigenvalue weighted by Gasteiger charge is -2.33. The SMILES string of the molecule is Nc1cc(F)c(OCC2CCC3(CCCCC3)O2)cc1F. The van der Waals surface area contributed by atoms with Gasteiger partial charge < -0.3 is 15.2 Å². The molecule has 2 aliphatic rings. The quantitative estimate of drug-likeness (QED) is 0.863. The summed E-state index contributed by atoms with van der Waals surface area (Å²) in [5.74, 6) is -1.41. The van der Waals surface area contributed by atoms with Gasteiger partial charge in [0, 0.05) is 12.1 Å². The van der Waals surface area contributed by atoms with E-state index in [0.29, 0.717) is 0 Å². The van der Waals surface area contributed by atoms with E-state index in [2.05, 4.69) is 0 Å². The van der Waals surface area contributed by atoms with Crippen LogP contribution in [-0.2, 0) is 4.74 Å². The van der Waals surface area contributed by atoms with Gasteiger partial charge in [0.15, 0.2) is 11.6 Å². The molecule has 5 heteroatoms. The van der Waals surface area contributed by atoms with Gasteiger partial charge in [-0.15, -0.1) is 0 Å². The zero-order valence-corrected chi connectivity index (χ0v) is 12.0. The van der Waals surface area contributed by atoms with Gasteiger partial charge in [-0.05, 0) is 25.7 Å². The highest BCUT2D eigenvalue weighted by Gasteiger charge is 2.40. The zero-order chi connectivity index (χ0) is 14.9. The van der Waals surface area contributed by atoms with Crippen LogP contribution in [-0.4, -0.2) is 18.3 Å². The number of nitrogen functional groups attached to an aromatic ring is 1. The molecule has 1 saturated carbocycles. The number of rotatable bonds is 3. The monoisotopic (exact) mass is 297 g/mol. The van der Waals surface area contributed by atoms with E-state index in [4.69, 9.17) is 15.2 Å². The van der Waals surface area contributed by atoms with E-state index in [1.54, 1.807) is 0 Å². The summed E-state index contributed by atoms with van der Waals surface area (Å²) in [6, 6.07) is 1.94. The van der Waals surface area contributed by atoms with E-state index in [9.17, 15) is 8.78 Å². The van der Waals surface area contributed by atoms with Crippen molar-refractivity contribution in [3.05, 3.63) is 23.8 Å². The summed E-state index contributed by atoms with van der Waals surface area (Å²) in [5, 5.41) is 0. The minimum atomic E-state index is -0.664. The molecule has 0 amide bonds. The Morgan fingerprint density at radius 2 is 1.90 bits per heavy atom. The van der Waals surface area contributed by atoms with Crippen molar-refractivity contribution in [2.75, 3.05) is 12.3 Å². The first-order valence-electron chi connectivity index (χ1n) is 7.63. The Bertz CT molecular complexity index is 515. The molecule has 1 spiro atoms. The highest BCUT2D eigenvalue weighted by Crippen LogP contribution is 2.42. The summed E-state index contributed by atoms with van der Waals surface area (Å²) < 4.78 is 38.5. The van der Waals surface area contributed by atoms with Crippen LogP contribution in [0.1, 0.15) is 44.9 Å². The molecule has 1 unspecified atom stereocenters. The van der Waals surface area contributed by atoms with E-state index in [-0.39, 0.29) is 29.7 Å². The molecule has 0 radical (unpaired) electrons. The van der Waals surface area contributed by atoms with Crippen LogP contribution in [0.25, 0.3) is 0 Å². The van der Waals surface area contributed by atoms with E-state index >= 15 is 0 Å². The maximum atomic E-state index is 13.6. The molecule has 2 fully saturated rings. The second-order valence-corrected chi connectivity index (χ2v) is 6.14.